The highest BCUT2D eigenvalue weighted by Crippen LogP contribution is 2.27. The van der Waals surface area contributed by atoms with Crippen LogP contribution in [-0.2, 0) is 0 Å². The van der Waals surface area contributed by atoms with Crippen LogP contribution in [0.25, 0.3) is 10.8 Å². The summed E-state index contributed by atoms with van der Waals surface area (Å²) in [6.45, 7) is 2.03. The lowest BCUT2D eigenvalue weighted by molar-refractivity contribution is 1.51. The molecule has 0 bridgehead atoms. The van der Waals surface area contributed by atoms with Gasteiger partial charge in [0.1, 0.15) is 0 Å². The minimum Gasteiger partial charge on any atom is -0.0843 e. The molecule has 66 valence electrons. The molecule has 2 rings (SSSR count). The van der Waals surface area contributed by atoms with E-state index in [2.05, 4.69) is 6.07 Å². The van der Waals surface area contributed by atoms with Gasteiger partial charge in [0.2, 0.25) is 0 Å². The molecule has 0 fully saturated rings. The van der Waals surface area contributed by atoms with E-state index in [-0.39, 0.29) is 0 Å². The van der Waals surface area contributed by atoms with Crippen molar-refractivity contribution in [3.8, 4) is 0 Å². The molecule has 0 N–H and O–H groups in total. The molecule has 2 aromatic rings. The Morgan fingerprint density at radius 1 is 1.00 bits per heavy atom. The molecule has 0 amide bonds. The van der Waals surface area contributed by atoms with Gasteiger partial charge in [-0.3, -0.25) is 0 Å². The molecule has 0 atom stereocenters. The van der Waals surface area contributed by atoms with Crippen LogP contribution in [0.5, 0.6) is 0 Å². The Kier molecular flexibility index (Phi) is 2.19. The van der Waals surface area contributed by atoms with Gasteiger partial charge in [-0.25, -0.2) is 0 Å². The van der Waals surface area contributed by atoms with E-state index in [1.54, 1.807) is 0 Å². The maximum atomic E-state index is 6.08. The van der Waals surface area contributed by atoms with E-state index >= 15 is 0 Å². The highest BCUT2D eigenvalue weighted by atomic mass is 35.5. The van der Waals surface area contributed by atoms with E-state index in [1.165, 1.54) is 5.56 Å². The minimum atomic E-state index is 0.721. The molecule has 13 heavy (non-hydrogen) atoms. The van der Waals surface area contributed by atoms with Crippen LogP contribution in [0.4, 0.5) is 0 Å². The summed E-state index contributed by atoms with van der Waals surface area (Å²) in [5.41, 5.74) is 1.17. The van der Waals surface area contributed by atoms with E-state index in [1.807, 2.05) is 31.2 Å². The van der Waals surface area contributed by atoms with Crippen LogP contribution in [0.2, 0.25) is 10.0 Å². The number of fused-ring (bicyclic) bond motifs is 1. The average Bonchev–Trinajstić information content (AvgIpc) is 2.06. The molecule has 0 saturated carbocycles. The molecule has 0 saturated heterocycles. The van der Waals surface area contributed by atoms with Crippen molar-refractivity contribution in [1.82, 2.24) is 0 Å². The van der Waals surface area contributed by atoms with Crippen LogP contribution < -0.4 is 0 Å². The quantitative estimate of drug-likeness (QED) is 0.603. The van der Waals surface area contributed by atoms with Crippen LogP contribution in [0.15, 0.2) is 30.3 Å². The van der Waals surface area contributed by atoms with Crippen molar-refractivity contribution in [1.29, 1.82) is 0 Å². The van der Waals surface area contributed by atoms with Gasteiger partial charge in [-0.1, -0.05) is 35.3 Å². The Labute approximate surface area is 87.1 Å². The maximum Gasteiger partial charge on any atom is 0.0487 e. The highest BCUT2D eigenvalue weighted by Gasteiger charge is 2.00. The molecule has 0 aromatic heterocycles. The average molecular weight is 211 g/mol. The first-order valence-electron chi connectivity index (χ1n) is 4.02. The predicted octanol–water partition coefficient (Wildman–Crippen LogP) is 4.46. The Morgan fingerprint density at radius 3 is 2.54 bits per heavy atom. The van der Waals surface area contributed by atoms with Gasteiger partial charge < -0.3 is 0 Å². The molecule has 0 aliphatic heterocycles. The zero-order valence-electron chi connectivity index (χ0n) is 7.14. The summed E-state index contributed by atoms with van der Waals surface area (Å²) < 4.78 is 0. The fourth-order valence-electron chi connectivity index (χ4n) is 1.43. The predicted molar refractivity (Wildman–Crippen MR) is 58.7 cm³/mol. The molecule has 2 aromatic carbocycles. The van der Waals surface area contributed by atoms with E-state index < -0.39 is 0 Å². The van der Waals surface area contributed by atoms with Crippen molar-refractivity contribution >= 4 is 34.0 Å². The summed E-state index contributed by atoms with van der Waals surface area (Å²) >= 11 is 11.9. The van der Waals surface area contributed by atoms with Crippen molar-refractivity contribution in [2.75, 3.05) is 0 Å². The molecule has 0 aliphatic rings. The number of aryl methyl sites for hydroxylation is 1. The van der Waals surface area contributed by atoms with E-state index in [0.717, 1.165) is 20.8 Å². The van der Waals surface area contributed by atoms with Crippen LogP contribution in [0, 0.1) is 6.92 Å². The van der Waals surface area contributed by atoms with Gasteiger partial charge in [0, 0.05) is 15.4 Å². The summed E-state index contributed by atoms with van der Waals surface area (Å²) in [5.74, 6) is 0. The van der Waals surface area contributed by atoms with Gasteiger partial charge in [0.05, 0.1) is 0 Å². The van der Waals surface area contributed by atoms with Gasteiger partial charge in [0.25, 0.3) is 0 Å². The smallest absolute Gasteiger partial charge is 0.0487 e. The monoisotopic (exact) mass is 210 g/mol. The van der Waals surface area contributed by atoms with Gasteiger partial charge in [-0.2, -0.15) is 0 Å². The highest BCUT2D eigenvalue weighted by molar-refractivity contribution is 6.37. The fraction of sp³-hybridized carbons (Fsp3) is 0.0909. The van der Waals surface area contributed by atoms with Crippen LogP contribution >= 0.6 is 23.2 Å². The van der Waals surface area contributed by atoms with Crippen LogP contribution in [0.1, 0.15) is 5.56 Å². The Bertz CT molecular complexity index is 461. The second-order valence-electron chi connectivity index (χ2n) is 3.11. The third kappa shape index (κ3) is 1.65. The summed E-state index contributed by atoms with van der Waals surface area (Å²) in [7, 11) is 0. The third-order valence-electron chi connectivity index (χ3n) is 2.01. The molecule has 0 heterocycles. The topological polar surface area (TPSA) is 0 Å². The first-order chi connectivity index (χ1) is 6.16. The molecule has 0 nitrogen and oxygen atoms in total. The third-order valence-corrected chi connectivity index (χ3v) is 2.56. The van der Waals surface area contributed by atoms with Crippen LogP contribution in [0.3, 0.4) is 0 Å². The van der Waals surface area contributed by atoms with Crippen molar-refractivity contribution < 1.29 is 0 Å². The summed E-state index contributed by atoms with van der Waals surface area (Å²) in [6.07, 6.45) is 0. The molecule has 0 spiro atoms. The van der Waals surface area contributed by atoms with Gasteiger partial charge in [0.15, 0.2) is 0 Å². The lowest BCUT2D eigenvalue weighted by atomic mass is 10.1. The van der Waals surface area contributed by atoms with Crippen LogP contribution in [-0.4, -0.2) is 0 Å². The SMILES string of the molecule is Cc1cc(Cl)c2cc(Cl)ccc2c1. The molecule has 0 aliphatic carbocycles. The van der Waals surface area contributed by atoms with Crippen molar-refractivity contribution in [3.05, 3.63) is 45.9 Å². The fourth-order valence-corrected chi connectivity index (χ4v) is 1.93. The normalized spacial score (nSPS) is 10.7. The summed E-state index contributed by atoms with van der Waals surface area (Å²) in [5, 5.41) is 3.63. The lowest BCUT2D eigenvalue weighted by Gasteiger charge is -2.02. The summed E-state index contributed by atoms with van der Waals surface area (Å²) in [6, 6.07) is 9.78. The standard InChI is InChI=1S/C11H8Cl2/c1-7-4-8-2-3-9(12)6-10(8)11(13)5-7/h2-6H,1H3. The van der Waals surface area contributed by atoms with Crippen molar-refractivity contribution in [2.45, 2.75) is 6.92 Å². The van der Waals surface area contributed by atoms with E-state index in [0.29, 0.717) is 0 Å². The summed E-state index contributed by atoms with van der Waals surface area (Å²) in [4.78, 5) is 0. The van der Waals surface area contributed by atoms with E-state index in [9.17, 15) is 0 Å². The number of benzene rings is 2. The van der Waals surface area contributed by atoms with Gasteiger partial charge in [-0.05, 0) is 36.1 Å². The molecule has 2 heteroatoms. The van der Waals surface area contributed by atoms with E-state index in [4.69, 9.17) is 23.2 Å². The maximum absolute atomic E-state index is 6.08. The number of hydrogen-bond acceptors (Lipinski definition) is 0. The first-order valence-corrected chi connectivity index (χ1v) is 4.78. The largest absolute Gasteiger partial charge is 0.0843 e. The first kappa shape index (κ1) is 8.86. The Morgan fingerprint density at radius 2 is 1.77 bits per heavy atom. The molecule has 0 radical (unpaired) electrons. The molecule has 0 unspecified atom stereocenters. The number of hydrogen-bond donors (Lipinski definition) is 0. The van der Waals surface area contributed by atoms with Gasteiger partial charge >= 0.3 is 0 Å². The van der Waals surface area contributed by atoms with Crippen molar-refractivity contribution in [2.24, 2.45) is 0 Å². The second-order valence-corrected chi connectivity index (χ2v) is 3.96. The molecular weight excluding hydrogens is 203 g/mol. The number of rotatable bonds is 0. The zero-order valence-corrected chi connectivity index (χ0v) is 8.65. The Hall–Kier alpha value is -0.720. The Balaban J connectivity index is 2.87. The van der Waals surface area contributed by atoms with Gasteiger partial charge in [-0.15, -0.1) is 0 Å². The zero-order chi connectivity index (χ0) is 9.42. The van der Waals surface area contributed by atoms with Crippen molar-refractivity contribution in [3.63, 3.8) is 0 Å². The number of halogens is 2. The minimum absolute atomic E-state index is 0.721. The lowest BCUT2D eigenvalue weighted by Crippen LogP contribution is -1.77. The molecular formula is C11H8Cl2. The second kappa shape index (κ2) is 3.21.